The number of carboxylic acids is 1. The van der Waals surface area contributed by atoms with Gasteiger partial charge in [0.25, 0.3) is 0 Å². The van der Waals surface area contributed by atoms with E-state index < -0.39 is 5.97 Å². The van der Waals surface area contributed by atoms with Crippen LogP contribution in [0, 0.1) is 5.41 Å². The molecule has 108 valence electrons. The van der Waals surface area contributed by atoms with Gasteiger partial charge in [0.2, 0.25) is 5.91 Å². The summed E-state index contributed by atoms with van der Waals surface area (Å²) in [7, 11) is 0. The maximum atomic E-state index is 12.2. The zero-order valence-corrected chi connectivity index (χ0v) is 11.5. The van der Waals surface area contributed by atoms with Crippen LogP contribution in [0.5, 0.6) is 5.75 Å². The first-order chi connectivity index (χ1) is 9.55. The molecular formula is C15H19NO4. The summed E-state index contributed by atoms with van der Waals surface area (Å²) in [5, 5.41) is 11.4. The number of carbonyl (C=O) groups is 2. The van der Waals surface area contributed by atoms with Crippen LogP contribution in [-0.4, -0.2) is 23.6 Å². The second-order valence-corrected chi connectivity index (χ2v) is 5.15. The third kappa shape index (κ3) is 3.10. The summed E-state index contributed by atoms with van der Waals surface area (Å²) >= 11 is 0. The summed E-state index contributed by atoms with van der Waals surface area (Å²) in [6, 6.07) is 6.74. The second-order valence-electron chi connectivity index (χ2n) is 5.15. The van der Waals surface area contributed by atoms with Crippen LogP contribution in [0.4, 0.5) is 5.69 Å². The molecule has 1 aliphatic rings. The largest absolute Gasteiger partial charge is 0.482 e. The summed E-state index contributed by atoms with van der Waals surface area (Å²) < 4.78 is 5.04. The number of benzene rings is 1. The zero-order valence-electron chi connectivity index (χ0n) is 11.5. The van der Waals surface area contributed by atoms with Gasteiger partial charge in [-0.1, -0.05) is 13.3 Å². The molecule has 0 spiro atoms. The molecule has 1 aromatic rings. The smallest absolute Gasteiger partial charge is 0.341 e. The van der Waals surface area contributed by atoms with Gasteiger partial charge in [0.1, 0.15) is 5.75 Å². The van der Waals surface area contributed by atoms with E-state index in [4.69, 9.17) is 9.84 Å². The lowest BCUT2D eigenvalue weighted by atomic mass is 9.66. The van der Waals surface area contributed by atoms with E-state index >= 15 is 0 Å². The molecule has 1 amide bonds. The Balaban J connectivity index is 1.93. The van der Waals surface area contributed by atoms with Gasteiger partial charge in [0, 0.05) is 11.1 Å². The Bertz CT molecular complexity index is 486. The van der Waals surface area contributed by atoms with E-state index in [2.05, 4.69) is 5.32 Å². The number of carbonyl (C=O) groups excluding carboxylic acids is 1. The standard InChI is InChI=1S/C15H19NO4/c1-2-15(8-3-9-15)14(19)16-11-4-6-12(7-5-11)20-10-13(17)18/h4-7H,2-3,8-10H2,1H3,(H,16,19)(H,17,18). The maximum Gasteiger partial charge on any atom is 0.341 e. The normalized spacial score (nSPS) is 16.1. The molecule has 0 saturated heterocycles. The molecule has 0 radical (unpaired) electrons. The van der Waals surface area contributed by atoms with E-state index in [0.29, 0.717) is 11.4 Å². The molecule has 0 aromatic heterocycles. The Kier molecular flexibility index (Phi) is 4.27. The Hall–Kier alpha value is -2.04. The minimum absolute atomic E-state index is 0.0745. The quantitative estimate of drug-likeness (QED) is 0.838. The molecule has 1 saturated carbocycles. The number of rotatable bonds is 6. The molecule has 20 heavy (non-hydrogen) atoms. The molecule has 1 aromatic carbocycles. The van der Waals surface area contributed by atoms with Crippen molar-refractivity contribution in [3.05, 3.63) is 24.3 Å². The third-order valence-corrected chi connectivity index (χ3v) is 3.94. The molecule has 5 nitrogen and oxygen atoms in total. The lowest BCUT2D eigenvalue weighted by Gasteiger charge is -2.39. The average Bonchev–Trinajstić information content (AvgIpc) is 2.37. The minimum Gasteiger partial charge on any atom is -0.482 e. The maximum absolute atomic E-state index is 12.2. The molecule has 0 heterocycles. The minimum atomic E-state index is -1.02. The van der Waals surface area contributed by atoms with Crippen LogP contribution in [0.1, 0.15) is 32.6 Å². The van der Waals surface area contributed by atoms with Crippen molar-refractivity contribution in [2.45, 2.75) is 32.6 Å². The molecule has 1 aliphatic carbocycles. The monoisotopic (exact) mass is 277 g/mol. The molecular weight excluding hydrogens is 258 g/mol. The fourth-order valence-corrected chi connectivity index (χ4v) is 2.39. The van der Waals surface area contributed by atoms with Crippen molar-refractivity contribution in [1.29, 1.82) is 0 Å². The first-order valence-corrected chi connectivity index (χ1v) is 6.82. The molecule has 2 N–H and O–H groups in total. The molecule has 0 unspecified atom stereocenters. The number of hydrogen-bond donors (Lipinski definition) is 2. The number of hydrogen-bond acceptors (Lipinski definition) is 3. The highest BCUT2D eigenvalue weighted by Gasteiger charge is 2.42. The summed E-state index contributed by atoms with van der Waals surface area (Å²) in [5.41, 5.74) is 0.510. The number of nitrogens with one attached hydrogen (secondary N) is 1. The van der Waals surface area contributed by atoms with Gasteiger partial charge in [-0.2, -0.15) is 0 Å². The van der Waals surface area contributed by atoms with Crippen molar-refractivity contribution in [3.8, 4) is 5.75 Å². The van der Waals surface area contributed by atoms with Gasteiger partial charge in [-0.25, -0.2) is 4.79 Å². The lowest BCUT2D eigenvalue weighted by molar-refractivity contribution is -0.139. The predicted octanol–water partition coefficient (Wildman–Crippen LogP) is 2.67. The van der Waals surface area contributed by atoms with Crippen molar-refractivity contribution in [3.63, 3.8) is 0 Å². The molecule has 0 aliphatic heterocycles. The summed E-state index contributed by atoms with van der Waals surface area (Å²) in [4.78, 5) is 22.6. The van der Waals surface area contributed by atoms with E-state index in [1.807, 2.05) is 6.92 Å². The summed E-state index contributed by atoms with van der Waals surface area (Å²) in [6.45, 7) is 1.67. The number of amides is 1. The Morgan fingerprint density at radius 3 is 2.40 bits per heavy atom. The molecule has 1 fully saturated rings. The van der Waals surface area contributed by atoms with Gasteiger partial charge in [-0.3, -0.25) is 4.79 Å². The van der Waals surface area contributed by atoms with Crippen LogP contribution in [0.3, 0.4) is 0 Å². The number of aliphatic carboxylic acids is 1. The Morgan fingerprint density at radius 2 is 1.95 bits per heavy atom. The summed E-state index contributed by atoms with van der Waals surface area (Å²) in [6.07, 6.45) is 3.88. The number of anilines is 1. The first-order valence-electron chi connectivity index (χ1n) is 6.82. The third-order valence-electron chi connectivity index (χ3n) is 3.94. The van der Waals surface area contributed by atoms with Crippen LogP contribution in [-0.2, 0) is 9.59 Å². The van der Waals surface area contributed by atoms with Crippen molar-refractivity contribution in [2.75, 3.05) is 11.9 Å². The van der Waals surface area contributed by atoms with Crippen LogP contribution in [0.2, 0.25) is 0 Å². The van der Waals surface area contributed by atoms with Crippen LogP contribution in [0.25, 0.3) is 0 Å². The van der Waals surface area contributed by atoms with Crippen LogP contribution >= 0.6 is 0 Å². The van der Waals surface area contributed by atoms with E-state index in [1.165, 1.54) is 0 Å². The van der Waals surface area contributed by atoms with Gasteiger partial charge in [-0.05, 0) is 43.5 Å². The van der Waals surface area contributed by atoms with Gasteiger partial charge < -0.3 is 15.2 Å². The van der Waals surface area contributed by atoms with E-state index in [1.54, 1.807) is 24.3 Å². The van der Waals surface area contributed by atoms with Gasteiger partial charge in [0.15, 0.2) is 6.61 Å². The number of carboxylic acid groups (broad SMARTS) is 1. The Morgan fingerprint density at radius 1 is 1.30 bits per heavy atom. The molecule has 0 atom stereocenters. The molecule has 0 bridgehead atoms. The first kappa shape index (κ1) is 14.4. The fraction of sp³-hybridized carbons (Fsp3) is 0.467. The van der Waals surface area contributed by atoms with E-state index in [9.17, 15) is 9.59 Å². The highest BCUT2D eigenvalue weighted by atomic mass is 16.5. The van der Waals surface area contributed by atoms with Crippen molar-refractivity contribution in [1.82, 2.24) is 0 Å². The highest BCUT2D eigenvalue weighted by Crippen LogP contribution is 2.44. The van der Waals surface area contributed by atoms with E-state index in [-0.39, 0.29) is 17.9 Å². The highest BCUT2D eigenvalue weighted by molar-refractivity contribution is 5.95. The predicted molar refractivity (Wildman–Crippen MR) is 74.8 cm³/mol. The molecule has 2 rings (SSSR count). The van der Waals surface area contributed by atoms with Crippen LogP contribution < -0.4 is 10.1 Å². The van der Waals surface area contributed by atoms with Gasteiger partial charge in [-0.15, -0.1) is 0 Å². The SMILES string of the molecule is CCC1(C(=O)Nc2ccc(OCC(=O)O)cc2)CCC1. The lowest BCUT2D eigenvalue weighted by Crippen LogP contribution is -2.41. The topological polar surface area (TPSA) is 75.6 Å². The van der Waals surface area contributed by atoms with Crippen LogP contribution in [0.15, 0.2) is 24.3 Å². The summed E-state index contributed by atoms with van der Waals surface area (Å²) in [5.74, 6) is -0.470. The number of ether oxygens (including phenoxy) is 1. The van der Waals surface area contributed by atoms with Gasteiger partial charge >= 0.3 is 5.97 Å². The van der Waals surface area contributed by atoms with Crippen molar-refractivity contribution in [2.24, 2.45) is 5.41 Å². The van der Waals surface area contributed by atoms with E-state index in [0.717, 1.165) is 25.7 Å². The van der Waals surface area contributed by atoms with Gasteiger partial charge in [0.05, 0.1) is 0 Å². The molecule has 5 heteroatoms. The Labute approximate surface area is 117 Å². The second kappa shape index (κ2) is 5.94. The fourth-order valence-electron chi connectivity index (χ4n) is 2.39. The van der Waals surface area contributed by atoms with Crippen molar-refractivity contribution < 1.29 is 19.4 Å². The van der Waals surface area contributed by atoms with Crippen molar-refractivity contribution >= 4 is 17.6 Å². The zero-order chi connectivity index (χ0) is 14.6. The average molecular weight is 277 g/mol.